The Hall–Kier alpha value is -1.43. The molecule has 106 valence electrons. The molecule has 6 nitrogen and oxygen atoms in total. The van der Waals surface area contributed by atoms with Crippen LogP contribution in [0.5, 0.6) is 0 Å². The van der Waals surface area contributed by atoms with Gasteiger partial charge in [-0.2, -0.15) is 5.10 Å². The average molecular weight is 265 g/mol. The number of aromatic nitrogens is 3. The lowest BCUT2D eigenvalue weighted by atomic mass is 9.79. The van der Waals surface area contributed by atoms with Gasteiger partial charge in [-0.15, -0.1) is 0 Å². The number of hydrogen-bond acceptors (Lipinski definition) is 4. The molecule has 2 rings (SSSR count). The summed E-state index contributed by atoms with van der Waals surface area (Å²) in [5, 5.41) is 4.55. The minimum atomic E-state index is -0.897. The average Bonchev–Trinajstić information content (AvgIpc) is 2.82. The van der Waals surface area contributed by atoms with Crippen molar-refractivity contribution in [3.05, 3.63) is 11.6 Å². The van der Waals surface area contributed by atoms with E-state index in [-0.39, 0.29) is 6.04 Å². The van der Waals surface area contributed by atoms with E-state index in [1.165, 1.54) is 0 Å². The predicted octanol–water partition coefficient (Wildman–Crippen LogP) is 0.701. The van der Waals surface area contributed by atoms with Gasteiger partial charge in [-0.05, 0) is 25.7 Å². The Labute approximate surface area is 113 Å². The first-order valence-corrected chi connectivity index (χ1v) is 7.03. The maximum absolute atomic E-state index is 11.5. The van der Waals surface area contributed by atoms with Gasteiger partial charge in [-0.25, -0.2) is 9.67 Å². The van der Waals surface area contributed by atoms with E-state index in [1.807, 2.05) is 11.6 Å². The van der Waals surface area contributed by atoms with Crippen LogP contribution in [0.25, 0.3) is 0 Å². The van der Waals surface area contributed by atoms with Crippen molar-refractivity contribution >= 4 is 5.91 Å². The topological polar surface area (TPSA) is 99.8 Å². The molecule has 1 fully saturated rings. The van der Waals surface area contributed by atoms with Crippen molar-refractivity contribution in [2.45, 2.75) is 64.0 Å². The van der Waals surface area contributed by atoms with Gasteiger partial charge in [0, 0.05) is 12.8 Å². The molecule has 4 N–H and O–H groups in total. The van der Waals surface area contributed by atoms with Gasteiger partial charge in [0.1, 0.15) is 5.82 Å². The molecule has 1 aromatic rings. The third kappa shape index (κ3) is 2.63. The third-order valence-electron chi connectivity index (χ3n) is 3.97. The second-order valence-corrected chi connectivity index (χ2v) is 5.37. The molecule has 0 radical (unpaired) electrons. The molecular weight excluding hydrogens is 242 g/mol. The first kappa shape index (κ1) is 14.0. The highest BCUT2D eigenvalue weighted by Gasteiger charge is 2.39. The summed E-state index contributed by atoms with van der Waals surface area (Å²) >= 11 is 0. The van der Waals surface area contributed by atoms with E-state index in [4.69, 9.17) is 11.5 Å². The van der Waals surface area contributed by atoms with Crippen molar-refractivity contribution < 1.29 is 4.79 Å². The smallest absolute Gasteiger partial charge is 0.237 e. The summed E-state index contributed by atoms with van der Waals surface area (Å²) in [6, 6.07) is 0.133. The quantitative estimate of drug-likeness (QED) is 0.837. The molecule has 0 spiro atoms. The molecule has 2 atom stereocenters. The summed E-state index contributed by atoms with van der Waals surface area (Å²) in [5.74, 6) is 1.41. The summed E-state index contributed by atoms with van der Waals surface area (Å²) in [7, 11) is 0. The Morgan fingerprint density at radius 3 is 2.79 bits per heavy atom. The standard InChI is InChI=1S/C13H23N5O/c1-3-10-16-11(4-2)18(17-10)9-6-5-7-13(15,8-9)12(14)19/h9H,3-8,15H2,1-2H3,(H2,14,19). The van der Waals surface area contributed by atoms with E-state index in [2.05, 4.69) is 17.0 Å². The number of rotatable bonds is 4. The summed E-state index contributed by atoms with van der Waals surface area (Å²) in [6.07, 6.45) is 4.74. The molecule has 0 bridgehead atoms. The molecule has 1 aliphatic carbocycles. The van der Waals surface area contributed by atoms with Gasteiger partial charge in [-0.1, -0.05) is 13.8 Å². The molecular formula is C13H23N5O. The zero-order valence-electron chi connectivity index (χ0n) is 11.7. The van der Waals surface area contributed by atoms with Gasteiger partial charge >= 0.3 is 0 Å². The molecule has 1 amide bonds. The van der Waals surface area contributed by atoms with Crippen molar-refractivity contribution in [2.75, 3.05) is 0 Å². The van der Waals surface area contributed by atoms with E-state index in [0.717, 1.165) is 37.3 Å². The second kappa shape index (κ2) is 5.28. The lowest BCUT2D eigenvalue weighted by Gasteiger charge is -2.35. The van der Waals surface area contributed by atoms with Crippen LogP contribution in [0.1, 0.15) is 57.2 Å². The van der Waals surface area contributed by atoms with Crippen LogP contribution in [0, 0.1) is 0 Å². The van der Waals surface area contributed by atoms with Crippen LogP contribution < -0.4 is 11.5 Å². The summed E-state index contributed by atoms with van der Waals surface area (Å²) in [6.45, 7) is 4.10. The molecule has 0 saturated heterocycles. The Bertz CT molecular complexity index is 470. The molecule has 2 unspecified atom stereocenters. The maximum atomic E-state index is 11.5. The lowest BCUT2D eigenvalue weighted by molar-refractivity contribution is -0.124. The number of amides is 1. The Morgan fingerprint density at radius 2 is 2.21 bits per heavy atom. The SMILES string of the molecule is CCc1nc(CC)n(C2CCCC(N)(C(N)=O)C2)n1. The van der Waals surface area contributed by atoms with Crippen LogP contribution >= 0.6 is 0 Å². The van der Waals surface area contributed by atoms with Crippen LogP contribution in [0.4, 0.5) is 0 Å². The first-order valence-electron chi connectivity index (χ1n) is 7.03. The fraction of sp³-hybridized carbons (Fsp3) is 0.769. The lowest BCUT2D eigenvalue weighted by Crippen LogP contribution is -2.55. The Balaban J connectivity index is 2.26. The normalized spacial score (nSPS) is 27.4. The monoisotopic (exact) mass is 265 g/mol. The highest BCUT2D eigenvalue weighted by molar-refractivity contribution is 5.84. The highest BCUT2D eigenvalue weighted by Crippen LogP contribution is 2.34. The molecule has 19 heavy (non-hydrogen) atoms. The number of carbonyl (C=O) groups excluding carboxylic acids is 1. The fourth-order valence-corrected chi connectivity index (χ4v) is 2.80. The minimum absolute atomic E-state index is 0.133. The summed E-state index contributed by atoms with van der Waals surface area (Å²) in [4.78, 5) is 16.0. The Kier molecular flexibility index (Phi) is 3.89. The van der Waals surface area contributed by atoms with E-state index < -0.39 is 11.4 Å². The molecule has 1 heterocycles. The summed E-state index contributed by atoms with van der Waals surface area (Å²) in [5.41, 5.74) is 10.7. The van der Waals surface area contributed by atoms with Gasteiger partial charge in [0.15, 0.2) is 5.82 Å². The van der Waals surface area contributed by atoms with Crippen molar-refractivity contribution in [1.82, 2.24) is 14.8 Å². The maximum Gasteiger partial charge on any atom is 0.237 e. The zero-order chi connectivity index (χ0) is 14.0. The van der Waals surface area contributed by atoms with E-state index in [9.17, 15) is 4.79 Å². The molecule has 1 saturated carbocycles. The molecule has 0 aliphatic heterocycles. The van der Waals surface area contributed by atoms with Crippen molar-refractivity contribution in [1.29, 1.82) is 0 Å². The zero-order valence-corrected chi connectivity index (χ0v) is 11.7. The van der Waals surface area contributed by atoms with Gasteiger partial charge < -0.3 is 11.5 Å². The summed E-state index contributed by atoms with van der Waals surface area (Å²) < 4.78 is 1.96. The van der Waals surface area contributed by atoms with E-state index in [1.54, 1.807) is 0 Å². The predicted molar refractivity (Wildman–Crippen MR) is 72.4 cm³/mol. The van der Waals surface area contributed by atoms with Gasteiger partial charge in [0.05, 0.1) is 11.6 Å². The number of carbonyl (C=O) groups is 1. The fourth-order valence-electron chi connectivity index (χ4n) is 2.80. The van der Waals surface area contributed by atoms with Gasteiger partial charge in [0.2, 0.25) is 5.91 Å². The third-order valence-corrected chi connectivity index (χ3v) is 3.97. The number of nitrogens with zero attached hydrogens (tertiary/aromatic N) is 3. The number of aryl methyl sites for hydroxylation is 2. The highest BCUT2D eigenvalue weighted by atomic mass is 16.1. The molecule has 1 aliphatic rings. The molecule has 1 aromatic heterocycles. The second-order valence-electron chi connectivity index (χ2n) is 5.37. The van der Waals surface area contributed by atoms with E-state index >= 15 is 0 Å². The first-order chi connectivity index (χ1) is 9.00. The van der Waals surface area contributed by atoms with Crippen molar-refractivity contribution in [2.24, 2.45) is 11.5 Å². The van der Waals surface area contributed by atoms with Crippen LogP contribution in [-0.2, 0) is 17.6 Å². The van der Waals surface area contributed by atoms with Gasteiger partial charge in [-0.3, -0.25) is 4.79 Å². The number of primary amides is 1. The van der Waals surface area contributed by atoms with Crippen molar-refractivity contribution in [3.8, 4) is 0 Å². The van der Waals surface area contributed by atoms with Crippen LogP contribution in [0.3, 0.4) is 0 Å². The van der Waals surface area contributed by atoms with Crippen molar-refractivity contribution in [3.63, 3.8) is 0 Å². The van der Waals surface area contributed by atoms with Crippen LogP contribution in [0.15, 0.2) is 0 Å². The Morgan fingerprint density at radius 1 is 1.47 bits per heavy atom. The number of hydrogen-bond donors (Lipinski definition) is 2. The minimum Gasteiger partial charge on any atom is -0.368 e. The van der Waals surface area contributed by atoms with Gasteiger partial charge in [0.25, 0.3) is 0 Å². The number of nitrogens with two attached hydrogens (primary N) is 2. The van der Waals surface area contributed by atoms with E-state index in [0.29, 0.717) is 12.8 Å². The molecule has 6 heteroatoms. The largest absolute Gasteiger partial charge is 0.368 e. The molecule has 0 aromatic carbocycles. The van der Waals surface area contributed by atoms with Crippen LogP contribution in [-0.4, -0.2) is 26.2 Å². The van der Waals surface area contributed by atoms with Crippen LogP contribution in [0.2, 0.25) is 0 Å².